The number of aromatic nitrogens is 1. The van der Waals surface area contributed by atoms with E-state index in [1.54, 1.807) is 11.3 Å². The summed E-state index contributed by atoms with van der Waals surface area (Å²) in [6.45, 7) is 5.01. The summed E-state index contributed by atoms with van der Waals surface area (Å²) in [5, 5.41) is 4.32. The summed E-state index contributed by atoms with van der Waals surface area (Å²) in [6.07, 6.45) is 1.14. The van der Waals surface area contributed by atoms with Crippen LogP contribution in [-0.2, 0) is 11.2 Å². The fraction of sp³-hybridized carbons (Fsp3) is 0.750. The van der Waals surface area contributed by atoms with Crippen LogP contribution in [0.2, 0.25) is 0 Å². The van der Waals surface area contributed by atoms with Gasteiger partial charge in [0.05, 0.1) is 11.6 Å². The van der Waals surface area contributed by atoms with Crippen LogP contribution in [0, 0.1) is 0 Å². The Morgan fingerprint density at radius 1 is 1.50 bits per heavy atom. The van der Waals surface area contributed by atoms with Crippen molar-refractivity contribution in [3.8, 4) is 0 Å². The van der Waals surface area contributed by atoms with Gasteiger partial charge in [0.25, 0.3) is 6.43 Å². The number of rotatable bonds is 9. The smallest absolute Gasteiger partial charge is 0.261 e. The summed E-state index contributed by atoms with van der Waals surface area (Å²) in [5.74, 6) is 0. The van der Waals surface area contributed by atoms with Gasteiger partial charge in [0.1, 0.15) is 6.61 Å². The molecular weight excluding hydrogens is 258 g/mol. The summed E-state index contributed by atoms with van der Waals surface area (Å²) >= 11 is 1.61. The van der Waals surface area contributed by atoms with Crippen molar-refractivity contribution in [2.45, 2.75) is 39.2 Å². The molecule has 1 aromatic heterocycles. The van der Waals surface area contributed by atoms with E-state index in [1.165, 1.54) is 4.88 Å². The third kappa shape index (κ3) is 5.84. The van der Waals surface area contributed by atoms with Crippen LogP contribution in [0.25, 0.3) is 0 Å². The van der Waals surface area contributed by atoms with E-state index in [0.717, 1.165) is 18.0 Å². The highest BCUT2D eigenvalue weighted by molar-refractivity contribution is 7.11. The highest BCUT2D eigenvalue weighted by atomic mass is 32.1. The molecule has 0 saturated carbocycles. The molecule has 0 aromatic carbocycles. The van der Waals surface area contributed by atoms with E-state index in [1.807, 2.05) is 6.20 Å². The molecule has 0 amide bonds. The minimum atomic E-state index is -2.39. The zero-order valence-corrected chi connectivity index (χ0v) is 11.6. The van der Waals surface area contributed by atoms with E-state index in [0.29, 0.717) is 13.0 Å². The van der Waals surface area contributed by atoms with Gasteiger partial charge in [-0.1, -0.05) is 6.92 Å². The lowest BCUT2D eigenvalue weighted by Crippen LogP contribution is -2.18. The molecule has 0 saturated heterocycles. The van der Waals surface area contributed by atoms with Gasteiger partial charge in [-0.15, -0.1) is 11.3 Å². The van der Waals surface area contributed by atoms with Crippen molar-refractivity contribution in [1.82, 2.24) is 10.3 Å². The van der Waals surface area contributed by atoms with Gasteiger partial charge < -0.3 is 10.1 Å². The van der Waals surface area contributed by atoms with E-state index in [9.17, 15) is 8.78 Å². The van der Waals surface area contributed by atoms with Gasteiger partial charge in [0.2, 0.25) is 0 Å². The minimum Gasteiger partial charge on any atom is -0.375 e. The molecule has 104 valence electrons. The highest BCUT2D eigenvalue weighted by Gasteiger charge is 2.09. The number of hydrogen-bond donors (Lipinski definition) is 1. The lowest BCUT2D eigenvalue weighted by molar-refractivity contribution is 0.0187. The second-order valence-electron chi connectivity index (χ2n) is 4.05. The van der Waals surface area contributed by atoms with Crippen LogP contribution in [0.15, 0.2) is 6.20 Å². The summed E-state index contributed by atoms with van der Waals surface area (Å²) < 4.78 is 28.5. The Kier molecular flexibility index (Phi) is 7.31. The predicted octanol–water partition coefficient (Wildman–Crippen LogP) is 3.03. The Morgan fingerprint density at radius 2 is 2.28 bits per heavy atom. The molecular formula is C12H20F2N2OS. The third-order valence-corrected chi connectivity index (χ3v) is 3.64. The average molecular weight is 278 g/mol. The molecule has 1 atom stereocenters. The topological polar surface area (TPSA) is 34.2 Å². The van der Waals surface area contributed by atoms with Gasteiger partial charge in [0.15, 0.2) is 0 Å². The monoisotopic (exact) mass is 278 g/mol. The molecule has 0 aliphatic heterocycles. The fourth-order valence-corrected chi connectivity index (χ4v) is 2.36. The lowest BCUT2D eigenvalue weighted by atomic mass is 10.3. The van der Waals surface area contributed by atoms with Gasteiger partial charge in [0, 0.05) is 23.5 Å². The number of ether oxygens (including phenoxy) is 1. The second kappa shape index (κ2) is 8.50. The van der Waals surface area contributed by atoms with Gasteiger partial charge in [-0.05, 0) is 19.9 Å². The van der Waals surface area contributed by atoms with Crippen molar-refractivity contribution < 1.29 is 13.5 Å². The molecule has 1 aromatic rings. The molecule has 0 fully saturated rings. The molecule has 0 radical (unpaired) electrons. The highest BCUT2D eigenvalue weighted by Crippen LogP contribution is 2.20. The second-order valence-corrected chi connectivity index (χ2v) is 5.19. The fourth-order valence-electron chi connectivity index (χ4n) is 1.43. The molecule has 3 nitrogen and oxygen atoms in total. The van der Waals surface area contributed by atoms with Crippen molar-refractivity contribution in [1.29, 1.82) is 0 Å². The van der Waals surface area contributed by atoms with Gasteiger partial charge >= 0.3 is 0 Å². The first-order chi connectivity index (χ1) is 8.63. The van der Waals surface area contributed by atoms with Gasteiger partial charge in [-0.25, -0.2) is 13.8 Å². The Morgan fingerprint density at radius 3 is 2.94 bits per heavy atom. The standard InChI is InChI=1S/C12H20F2N2OS/c1-3-5-15-9(2)10-7-16-12(18-10)4-6-17-8-11(13)14/h7,9,11,15H,3-6,8H2,1-2H3. The molecule has 1 heterocycles. The maximum atomic E-state index is 11.8. The number of nitrogens with zero attached hydrogens (tertiary/aromatic N) is 1. The maximum Gasteiger partial charge on any atom is 0.261 e. The SMILES string of the molecule is CCCNC(C)c1cnc(CCOCC(F)F)s1. The molecule has 1 N–H and O–H groups in total. The number of alkyl halides is 2. The molecule has 1 unspecified atom stereocenters. The quantitative estimate of drug-likeness (QED) is 0.705. The van der Waals surface area contributed by atoms with Gasteiger partial charge in [-0.2, -0.15) is 0 Å². The summed E-state index contributed by atoms with van der Waals surface area (Å²) in [5.41, 5.74) is 0. The van der Waals surface area contributed by atoms with Crippen LogP contribution in [0.5, 0.6) is 0 Å². The Labute approximate surface area is 111 Å². The van der Waals surface area contributed by atoms with E-state index < -0.39 is 13.0 Å². The van der Waals surface area contributed by atoms with Crippen molar-refractivity contribution in [3.63, 3.8) is 0 Å². The minimum absolute atomic E-state index is 0.290. The van der Waals surface area contributed by atoms with Crippen LogP contribution in [0.3, 0.4) is 0 Å². The summed E-state index contributed by atoms with van der Waals surface area (Å²) in [4.78, 5) is 5.45. The molecule has 0 aliphatic carbocycles. The summed E-state index contributed by atoms with van der Waals surface area (Å²) in [6, 6.07) is 0.290. The van der Waals surface area contributed by atoms with Crippen LogP contribution >= 0.6 is 11.3 Å². The Balaban J connectivity index is 2.29. The number of nitrogens with one attached hydrogen (secondary N) is 1. The van der Waals surface area contributed by atoms with Crippen LogP contribution in [-0.4, -0.2) is 31.2 Å². The summed E-state index contributed by atoms with van der Waals surface area (Å²) in [7, 11) is 0. The Hall–Kier alpha value is -0.590. The Bertz CT molecular complexity index is 334. The lowest BCUT2D eigenvalue weighted by Gasteiger charge is -2.09. The van der Waals surface area contributed by atoms with Crippen molar-refractivity contribution in [3.05, 3.63) is 16.1 Å². The molecule has 6 heteroatoms. The first-order valence-electron chi connectivity index (χ1n) is 6.17. The van der Waals surface area contributed by atoms with E-state index in [-0.39, 0.29) is 6.04 Å². The molecule has 1 rings (SSSR count). The zero-order valence-electron chi connectivity index (χ0n) is 10.8. The molecule has 18 heavy (non-hydrogen) atoms. The molecule has 0 spiro atoms. The number of hydrogen-bond acceptors (Lipinski definition) is 4. The maximum absolute atomic E-state index is 11.8. The van der Waals surface area contributed by atoms with Crippen LogP contribution in [0.4, 0.5) is 8.78 Å². The van der Waals surface area contributed by atoms with E-state index in [2.05, 4.69) is 24.1 Å². The average Bonchev–Trinajstić information content (AvgIpc) is 2.80. The van der Waals surface area contributed by atoms with Crippen LogP contribution in [0.1, 0.15) is 36.2 Å². The van der Waals surface area contributed by atoms with Crippen molar-refractivity contribution in [2.24, 2.45) is 0 Å². The van der Waals surface area contributed by atoms with Gasteiger partial charge in [-0.3, -0.25) is 0 Å². The van der Waals surface area contributed by atoms with Crippen LogP contribution < -0.4 is 5.32 Å². The van der Waals surface area contributed by atoms with E-state index in [4.69, 9.17) is 4.74 Å². The first-order valence-corrected chi connectivity index (χ1v) is 6.99. The normalized spacial score (nSPS) is 13.2. The van der Waals surface area contributed by atoms with Crippen molar-refractivity contribution >= 4 is 11.3 Å². The third-order valence-electron chi connectivity index (χ3n) is 2.40. The molecule has 0 aliphatic rings. The van der Waals surface area contributed by atoms with E-state index >= 15 is 0 Å². The number of thiazole rings is 1. The predicted molar refractivity (Wildman–Crippen MR) is 69.3 cm³/mol. The first kappa shape index (κ1) is 15.5. The molecule has 0 bridgehead atoms. The number of halogens is 2. The largest absolute Gasteiger partial charge is 0.375 e. The van der Waals surface area contributed by atoms with Crippen molar-refractivity contribution in [2.75, 3.05) is 19.8 Å². The zero-order chi connectivity index (χ0) is 13.4.